The maximum atomic E-state index is 12.6. The Morgan fingerprint density at radius 3 is 2.88 bits per heavy atom. The summed E-state index contributed by atoms with van der Waals surface area (Å²) < 4.78 is 7.52. The van der Waals surface area contributed by atoms with E-state index in [1.54, 1.807) is 27.0 Å². The van der Waals surface area contributed by atoms with Crippen LogP contribution in [0.2, 0.25) is 0 Å². The molecule has 1 aliphatic rings. The molecule has 1 atom stereocenters. The predicted octanol–water partition coefficient (Wildman–Crippen LogP) is 0.842. The summed E-state index contributed by atoms with van der Waals surface area (Å²) in [6.45, 7) is 3.50. The molecule has 0 spiro atoms. The van der Waals surface area contributed by atoms with Gasteiger partial charge in [0.15, 0.2) is 0 Å². The Bertz CT molecular complexity index is 914. The van der Waals surface area contributed by atoms with E-state index < -0.39 is 17.9 Å². The monoisotopic (exact) mass is 359 g/mol. The minimum Gasteiger partial charge on any atom is -0.462 e. The number of esters is 1. The largest absolute Gasteiger partial charge is 0.462 e. The summed E-state index contributed by atoms with van der Waals surface area (Å²) in [5.41, 5.74) is 1.65. The summed E-state index contributed by atoms with van der Waals surface area (Å²) >= 11 is 0. The lowest BCUT2D eigenvalue weighted by Crippen LogP contribution is -2.34. The van der Waals surface area contributed by atoms with Gasteiger partial charge in [-0.25, -0.2) is 9.48 Å². The molecule has 3 rings (SSSR count). The second-order valence-corrected chi connectivity index (χ2v) is 6.17. The Morgan fingerprint density at radius 2 is 2.15 bits per heavy atom. The zero-order valence-electron chi connectivity index (χ0n) is 15.0. The third kappa shape index (κ3) is 3.24. The van der Waals surface area contributed by atoms with Gasteiger partial charge in [0.2, 0.25) is 5.91 Å². The molecule has 2 aromatic rings. The van der Waals surface area contributed by atoms with Gasteiger partial charge in [0.25, 0.3) is 5.56 Å². The Labute approximate surface area is 150 Å². The van der Waals surface area contributed by atoms with E-state index in [1.165, 1.54) is 15.6 Å². The number of nitrogens with zero attached hydrogens (tertiary/aromatic N) is 4. The van der Waals surface area contributed by atoms with Crippen molar-refractivity contribution in [2.45, 2.75) is 39.2 Å². The summed E-state index contributed by atoms with van der Waals surface area (Å²) in [5, 5.41) is 11.0. The van der Waals surface area contributed by atoms with Crippen molar-refractivity contribution in [3.05, 3.63) is 39.4 Å². The van der Waals surface area contributed by atoms with Gasteiger partial charge in [-0.1, -0.05) is 0 Å². The third-order valence-corrected chi connectivity index (χ3v) is 4.40. The SMILES string of the molecule is CCOC(=O)c1cnn(C)c1NC(=O)C(C)n1nc2c(cc1=O)CCC2. The zero-order valence-corrected chi connectivity index (χ0v) is 15.0. The molecular weight excluding hydrogens is 338 g/mol. The van der Waals surface area contributed by atoms with Crippen LogP contribution in [0, 0.1) is 0 Å². The second-order valence-electron chi connectivity index (χ2n) is 6.17. The van der Waals surface area contributed by atoms with E-state index in [-0.39, 0.29) is 23.5 Å². The first kappa shape index (κ1) is 17.8. The quantitative estimate of drug-likeness (QED) is 0.793. The van der Waals surface area contributed by atoms with Crippen LogP contribution in [-0.2, 0) is 29.4 Å². The van der Waals surface area contributed by atoms with Crippen LogP contribution in [0.15, 0.2) is 17.1 Å². The van der Waals surface area contributed by atoms with Gasteiger partial charge < -0.3 is 10.1 Å². The van der Waals surface area contributed by atoms with Crippen LogP contribution in [-0.4, -0.2) is 38.0 Å². The van der Waals surface area contributed by atoms with E-state index in [9.17, 15) is 14.4 Å². The van der Waals surface area contributed by atoms with E-state index in [4.69, 9.17) is 4.74 Å². The van der Waals surface area contributed by atoms with E-state index in [2.05, 4.69) is 15.5 Å². The molecule has 1 N–H and O–H groups in total. The van der Waals surface area contributed by atoms with Crippen molar-refractivity contribution in [3.8, 4) is 0 Å². The first-order valence-electron chi connectivity index (χ1n) is 8.54. The van der Waals surface area contributed by atoms with Gasteiger partial charge in [0.05, 0.1) is 18.5 Å². The number of carbonyl (C=O) groups excluding carboxylic acids is 2. The highest BCUT2D eigenvalue weighted by Crippen LogP contribution is 2.20. The second kappa shape index (κ2) is 7.11. The Hall–Kier alpha value is -2.97. The molecule has 1 unspecified atom stereocenters. The molecule has 0 radical (unpaired) electrons. The fourth-order valence-corrected chi connectivity index (χ4v) is 2.97. The van der Waals surface area contributed by atoms with Gasteiger partial charge in [-0.3, -0.25) is 14.3 Å². The zero-order chi connectivity index (χ0) is 18.8. The highest BCUT2D eigenvalue weighted by molar-refractivity contribution is 6.01. The molecule has 0 aliphatic heterocycles. The summed E-state index contributed by atoms with van der Waals surface area (Å²) in [6, 6.07) is 0.714. The van der Waals surface area contributed by atoms with Gasteiger partial charge in [-0.05, 0) is 38.7 Å². The number of rotatable bonds is 5. The Morgan fingerprint density at radius 1 is 1.38 bits per heavy atom. The van der Waals surface area contributed by atoms with Crippen LogP contribution < -0.4 is 10.9 Å². The molecule has 1 aliphatic carbocycles. The number of hydrogen-bond acceptors (Lipinski definition) is 6. The molecule has 2 heterocycles. The standard InChI is InChI=1S/C17H21N5O4/c1-4-26-17(25)12-9-18-21(3)15(12)19-16(24)10(2)22-14(23)8-11-6-5-7-13(11)20-22/h8-10H,4-7H2,1-3H3,(H,19,24). The summed E-state index contributed by atoms with van der Waals surface area (Å²) in [6.07, 6.45) is 3.94. The van der Waals surface area contributed by atoms with Crippen LogP contribution in [0.5, 0.6) is 0 Å². The molecular formula is C17H21N5O4. The lowest BCUT2D eigenvalue weighted by molar-refractivity contribution is -0.119. The fourth-order valence-electron chi connectivity index (χ4n) is 2.97. The third-order valence-electron chi connectivity index (χ3n) is 4.40. The summed E-state index contributed by atoms with van der Waals surface area (Å²) in [7, 11) is 1.60. The maximum absolute atomic E-state index is 12.6. The number of ether oxygens (including phenoxy) is 1. The van der Waals surface area contributed by atoms with Gasteiger partial charge in [-0.15, -0.1) is 0 Å². The number of anilines is 1. The van der Waals surface area contributed by atoms with Gasteiger partial charge in [-0.2, -0.15) is 10.2 Å². The van der Waals surface area contributed by atoms with E-state index in [0.29, 0.717) is 0 Å². The van der Waals surface area contributed by atoms with Crippen molar-refractivity contribution in [2.24, 2.45) is 7.05 Å². The number of carbonyl (C=O) groups is 2. The summed E-state index contributed by atoms with van der Waals surface area (Å²) in [5.74, 6) is -0.822. The average molecular weight is 359 g/mol. The number of aromatic nitrogens is 4. The molecule has 0 aromatic carbocycles. The first-order chi connectivity index (χ1) is 12.4. The van der Waals surface area contributed by atoms with Crippen molar-refractivity contribution < 1.29 is 14.3 Å². The van der Waals surface area contributed by atoms with Crippen LogP contribution >= 0.6 is 0 Å². The molecule has 2 aromatic heterocycles. The van der Waals surface area contributed by atoms with Crippen molar-refractivity contribution in [2.75, 3.05) is 11.9 Å². The Kier molecular flexibility index (Phi) is 4.88. The van der Waals surface area contributed by atoms with Gasteiger partial charge >= 0.3 is 5.97 Å². The predicted molar refractivity (Wildman–Crippen MR) is 93.0 cm³/mol. The number of fused-ring (bicyclic) bond motifs is 1. The van der Waals surface area contributed by atoms with Crippen LogP contribution in [0.25, 0.3) is 0 Å². The highest BCUT2D eigenvalue weighted by Gasteiger charge is 2.25. The molecule has 0 saturated carbocycles. The van der Waals surface area contributed by atoms with Crippen molar-refractivity contribution >= 4 is 17.7 Å². The van der Waals surface area contributed by atoms with E-state index in [0.717, 1.165) is 30.5 Å². The van der Waals surface area contributed by atoms with Gasteiger partial charge in [0, 0.05) is 13.1 Å². The summed E-state index contributed by atoms with van der Waals surface area (Å²) in [4.78, 5) is 36.9. The van der Waals surface area contributed by atoms with Crippen LogP contribution in [0.4, 0.5) is 5.82 Å². The molecule has 0 bridgehead atoms. The topological polar surface area (TPSA) is 108 Å². The molecule has 138 valence electrons. The molecule has 26 heavy (non-hydrogen) atoms. The lowest BCUT2D eigenvalue weighted by Gasteiger charge is -2.15. The highest BCUT2D eigenvalue weighted by atomic mass is 16.5. The number of aryl methyl sites for hydroxylation is 3. The molecule has 0 fully saturated rings. The van der Waals surface area contributed by atoms with Crippen molar-refractivity contribution in [1.82, 2.24) is 19.6 Å². The van der Waals surface area contributed by atoms with E-state index in [1.807, 2.05) is 0 Å². The smallest absolute Gasteiger partial charge is 0.343 e. The minimum atomic E-state index is -0.835. The normalized spacial score (nSPS) is 14.0. The molecule has 9 nitrogen and oxygen atoms in total. The molecule has 9 heteroatoms. The van der Waals surface area contributed by atoms with Crippen molar-refractivity contribution in [3.63, 3.8) is 0 Å². The van der Waals surface area contributed by atoms with Crippen molar-refractivity contribution in [1.29, 1.82) is 0 Å². The van der Waals surface area contributed by atoms with E-state index >= 15 is 0 Å². The van der Waals surface area contributed by atoms with Crippen LogP contribution in [0.3, 0.4) is 0 Å². The number of hydrogen-bond donors (Lipinski definition) is 1. The Balaban J connectivity index is 1.84. The molecule has 0 saturated heterocycles. The van der Waals surface area contributed by atoms with Crippen LogP contribution in [0.1, 0.15) is 47.9 Å². The van der Waals surface area contributed by atoms with Gasteiger partial charge in [0.1, 0.15) is 17.4 Å². The average Bonchev–Trinajstić information content (AvgIpc) is 3.20. The minimum absolute atomic E-state index is 0.157. The lowest BCUT2D eigenvalue weighted by atomic mass is 10.2. The fraction of sp³-hybridized carbons (Fsp3) is 0.471. The number of amides is 1. The molecule has 1 amide bonds. The maximum Gasteiger partial charge on any atom is 0.343 e. The first-order valence-corrected chi connectivity index (χ1v) is 8.54. The number of nitrogens with one attached hydrogen (secondary N) is 1.